The smallest absolute Gasteiger partial charge is 0.289 e. The van der Waals surface area contributed by atoms with E-state index in [2.05, 4.69) is 29.2 Å². The van der Waals surface area contributed by atoms with Gasteiger partial charge in [-0.05, 0) is 42.0 Å². The normalized spacial score (nSPS) is 14.2. The van der Waals surface area contributed by atoms with E-state index >= 15 is 0 Å². The lowest BCUT2D eigenvalue weighted by atomic mass is 10.2. The molecule has 138 valence electrons. The summed E-state index contributed by atoms with van der Waals surface area (Å²) in [6.07, 6.45) is 1.53. The molecule has 5 heteroatoms. The molecule has 4 rings (SSSR count). The summed E-state index contributed by atoms with van der Waals surface area (Å²) in [6.45, 7) is 3.54. The molecule has 0 unspecified atom stereocenters. The molecule has 0 radical (unpaired) electrons. The van der Waals surface area contributed by atoms with Crippen molar-refractivity contribution in [2.24, 2.45) is 0 Å². The molecular formula is C22H22N2O3. The Bertz CT molecular complexity index is 852. The van der Waals surface area contributed by atoms with E-state index in [4.69, 9.17) is 9.15 Å². The maximum absolute atomic E-state index is 12.3. The summed E-state index contributed by atoms with van der Waals surface area (Å²) in [5.74, 6) is 1.22. The predicted octanol–water partition coefficient (Wildman–Crippen LogP) is 3.82. The fraction of sp³-hybridized carbons (Fsp3) is 0.227. The van der Waals surface area contributed by atoms with E-state index in [1.54, 1.807) is 12.1 Å². The number of amides is 1. The van der Waals surface area contributed by atoms with Crippen LogP contribution in [0.3, 0.4) is 0 Å². The van der Waals surface area contributed by atoms with E-state index < -0.39 is 0 Å². The van der Waals surface area contributed by atoms with Gasteiger partial charge in [0.2, 0.25) is 0 Å². The highest BCUT2D eigenvalue weighted by Crippen LogP contribution is 2.22. The van der Waals surface area contributed by atoms with Crippen LogP contribution in [-0.2, 0) is 6.61 Å². The van der Waals surface area contributed by atoms with Gasteiger partial charge in [-0.3, -0.25) is 4.79 Å². The first-order valence-corrected chi connectivity index (χ1v) is 9.14. The van der Waals surface area contributed by atoms with Crippen LogP contribution in [0.25, 0.3) is 0 Å². The third-order valence-electron chi connectivity index (χ3n) is 4.75. The van der Waals surface area contributed by atoms with Crippen LogP contribution in [-0.4, -0.2) is 37.0 Å². The lowest BCUT2D eigenvalue weighted by Gasteiger charge is -2.35. The van der Waals surface area contributed by atoms with Crippen molar-refractivity contribution in [1.29, 1.82) is 0 Å². The van der Waals surface area contributed by atoms with Crippen LogP contribution >= 0.6 is 0 Å². The molecule has 0 N–H and O–H groups in total. The molecule has 2 aromatic carbocycles. The van der Waals surface area contributed by atoms with Gasteiger partial charge in [0, 0.05) is 31.9 Å². The van der Waals surface area contributed by atoms with Crippen LogP contribution in [0, 0.1) is 0 Å². The molecule has 1 aliphatic rings. The van der Waals surface area contributed by atoms with Crippen LogP contribution < -0.4 is 9.64 Å². The molecule has 27 heavy (non-hydrogen) atoms. The van der Waals surface area contributed by atoms with Crippen molar-refractivity contribution in [1.82, 2.24) is 4.90 Å². The Hall–Kier alpha value is -3.21. The van der Waals surface area contributed by atoms with Gasteiger partial charge in [0.1, 0.15) is 12.4 Å². The largest absolute Gasteiger partial charge is 0.489 e. The maximum atomic E-state index is 12.3. The first-order valence-electron chi connectivity index (χ1n) is 9.14. The standard InChI is InChI=1S/C22H22N2O3/c25-22(21-7-4-16-26-21)24-14-12-23(13-15-24)19-8-10-20(11-9-19)27-17-18-5-2-1-3-6-18/h1-11,16H,12-15,17H2. The number of benzene rings is 2. The van der Waals surface area contributed by atoms with Crippen molar-refractivity contribution in [3.05, 3.63) is 84.3 Å². The highest BCUT2D eigenvalue weighted by Gasteiger charge is 2.23. The Morgan fingerprint density at radius 3 is 2.30 bits per heavy atom. The summed E-state index contributed by atoms with van der Waals surface area (Å²) < 4.78 is 11.1. The van der Waals surface area contributed by atoms with E-state index in [1.807, 2.05) is 35.2 Å². The number of carbonyl (C=O) groups is 1. The van der Waals surface area contributed by atoms with Crippen LogP contribution in [0.4, 0.5) is 5.69 Å². The van der Waals surface area contributed by atoms with Gasteiger partial charge >= 0.3 is 0 Å². The van der Waals surface area contributed by atoms with Gasteiger partial charge in [0.15, 0.2) is 5.76 Å². The van der Waals surface area contributed by atoms with E-state index in [0.717, 1.165) is 30.1 Å². The molecule has 0 atom stereocenters. The van der Waals surface area contributed by atoms with Gasteiger partial charge in [-0.2, -0.15) is 0 Å². The number of piperazine rings is 1. The van der Waals surface area contributed by atoms with Gasteiger partial charge in [-0.25, -0.2) is 0 Å². The summed E-state index contributed by atoms with van der Waals surface area (Å²) in [5, 5.41) is 0. The number of rotatable bonds is 5. The molecule has 1 aliphatic heterocycles. The number of carbonyl (C=O) groups excluding carboxylic acids is 1. The molecule has 0 bridgehead atoms. The zero-order valence-electron chi connectivity index (χ0n) is 15.1. The highest BCUT2D eigenvalue weighted by molar-refractivity contribution is 5.91. The number of furan rings is 1. The van der Waals surface area contributed by atoms with E-state index in [-0.39, 0.29) is 5.91 Å². The van der Waals surface area contributed by atoms with Crippen LogP contribution in [0.2, 0.25) is 0 Å². The average molecular weight is 362 g/mol. The second-order valence-electron chi connectivity index (χ2n) is 6.52. The van der Waals surface area contributed by atoms with Gasteiger partial charge in [-0.1, -0.05) is 30.3 Å². The molecule has 3 aromatic rings. The van der Waals surface area contributed by atoms with Crippen molar-refractivity contribution < 1.29 is 13.9 Å². The molecule has 5 nitrogen and oxygen atoms in total. The number of hydrogen-bond donors (Lipinski definition) is 0. The molecule has 1 amide bonds. The SMILES string of the molecule is O=C(c1ccco1)N1CCN(c2ccc(OCc3ccccc3)cc2)CC1. The van der Waals surface area contributed by atoms with Crippen LogP contribution in [0.5, 0.6) is 5.75 Å². The summed E-state index contributed by atoms with van der Waals surface area (Å²) in [5.41, 5.74) is 2.30. The monoisotopic (exact) mass is 362 g/mol. The van der Waals surface area contributed by atoms with E-state index in [0.29, 0.717) is 25.5 Å². The Labute approximate surface area is 158 Å². The maximum Gasteiger partial charge on any atom is 0.289 e. The van der Waals surface area contributed by atoms with Gasteiger partial charge in [-0.15, -0.1) is 0 Å². The van der Waals surface area contributed by atoms with Crippen molar-refractivity contribution in [3.8, 4) is 5.75 Å². The van der Waals surface area contributed by atoms with Crippen molar-refractivity contribution in [2.45, 2.75) is 6.61 Å². The van der Waals surface area contributed by atoms with Crippen molar-refractivity contribution in [2.75, 3.05) is 31.1 Å². The third-order valence-corrected chi connectivity index (χ3v) is 4.75. The fourth-order valence-corrected chi connectivity index (χ4v) is 3.22. The third kappa shape index (κ3) is 4.14. The zero-order valence-corrected chi connectivity index (χ0v) is 15.1. The van der Waals surface area contributed by atoms with Gasteiger partial charge < -0.3 is 19.0 Å². The summed E-state index contributed by atoms with van der Waals surface area (Å²) in [6, 6.07) is 21.7. The minimum absolute atomic E-state index is 0.0377. The van der Waals surface area contributed by atoms with Crippen LogP contribution in [0.1, 0.15) is 16.1 Å². The van der Waals surface area contributed by atoms with Gasteiger partial charge in [0.05, 0.1) is 6.26 Å². The van der Waals surface area contributed by atoms with E-state index in [9.17, 15) is 4.79 Å². The summed E-state index contributed by atoms with van der Waals surface area (Å²) >= 11 is 0. The highest BCUT2D eigenvalue weighted by atomic mass is 16.5. The Morgan fingerprint density at radius 2 is 1.63 bits per heavy atom. The van der Waals surface area contributed by atoms with Crippen LogP contribution in [0.15, 0.2) is 77.4 Å². The minimum atomic E-state index is -0.0377. The number of hydrogen-bond acceptors (Lipinski definition) is 4. The first-order chi connectivity index (χ1) is 13.3. The summed E-state index contributed by atoms with van der Waals surface area (Å²) in [7, 11) is 0. The second kappa shape index (κ2) is 7.99. The van der Waals surface area contributed by atoms with Crippen molar-refractivity contribution >= 4 is 11.6 Å². The molecule has 1 saturated heterocycles. The lowest BCUT2D eigenvalue weighted by Crippen LogP contribution is -2.48. The summed E-state index contributed by atoms with van der Waals surface area (Å²) in [4.78, 5) is 16.5. The molecule has 1 fully saturated rings. The number of anilines is 1. The molecule has 1 aromatic heterocycles. The van der Waals surface area contributed by atoms with Crippen molar-refractivity contribution in [3.63, 3.8) is 0 Å². The number of ether oxygens (including phenoxy) is 1. The number of nitrogens with zero attached hydrogens (tertiary/aromatic N) is 2. The fourth-order valence-electron chi connectivity index (χ4n) is 3.22. The predicted molar refractivity (Wildman–Crippen MR) is 104 cm³/mol. The molecular weight excluding hydrogens is 340 g/mol. The zero-order chi connectivity index (χ0) is 18.5. The molecule has 0 saturated carbocycles. The Morgan fingerprint density at radius 1 is 0.889 bits per heavy atom. The second-order valence-corrected chi connectivity index (χ2v) is 6.52. The molecule has 0 spiro atoms. The van der Waals surface area contributed by atoms with E-state index in [1.165, 1.54) is 6.26 Å². The average Bonchev–Trinajstić information content (AvgIpc) is 3.28. The lowest BCUT2D eigenvalue weighted by molar-refractivity contribution is 0.0714. The molecule has 2 heterocycles. The quantitative estimate of drug-likeness (QED) is 0.692. The first kappa shape index (κ1) is 17.2. The molecule has 0 aliphatic carbocycles. The topological polar surface area (TPSA) is 45.9 Å². The van der Waals surface area contributed by atoms with Gasteiger partial charge in [0.25, 0.3) is 5.91 Å². The Balaban J connectivity index is 1.30. The minimum Gasteiger partial charge on any atom is -0.489 e. The Kier molecular flexibility index (Phi) is 5.10.